The molecule has 18 heavy (non-hydrogen) atoms. The molecule has 0 saturated carbocycles. The summed E-state index contributed by atoms with van der Waals surface area (Å²) in [7, 11) is 0. The van der Waals surface area contributed by atoms with Gasteiger partial charge in [0.25, 0.3) is 0 Å². The Hall–Kier alpha value is -2.34. The number of nitriles is 1. The third kappa shape index (κ3) is 2.67. The lowest BCUT2D eigenvalue weighted by atomic mass is 10.0. The predicted octanol–water partition coefficient (Wildman–Crippen LogP) is 3.82. The Morgan fingerprint density at radius 2 is 1.89 bits per heavy atom. The van der Waals surface area contributed by atoms with E-state index in [1.807, 2.05) is 24.3 Å². The van der Waals surface area contributed by atoms with Crippen molar-refractivity contribution in [2.45, 2.75) is 19.8 Å². The summed E-state index contributed by atoms with van der Waals surface area (Å²) in [6.07, 6.45) is 1.62. The third-order valence-electron chi connectivity index (χ3n) is 2.77. The smallest absolute Gasteiger partial charge is 0.163 e. The number of aromatic nitrogens is 1. The number of anilines is 2. The Morgan fingerprint density at radius 1 is 1.17 bits per heavy atom. The van der Waals surface area contributed by atoms with Gasteiger partial charge in [-0.15, -0.1) is 0 Å². The first kappa shape index (κ1) is 12.1. The summed E-state index contributed by atoms with van der Waals surface area (Å²) in [4.78, 5) is 4.02. The zero-order chi connectivity index (χ0) is 13.0. The van der Waals surface area contributed by atoms with Gasteiger partial charge in [-0.25, -0.2) is 4.98 Å². The molecule has 0 spiro atoms. The van der Waals surface area contributed by atoms with Crippen molar-refractivity contribution in [3.8, 4) is 6.07 Å². The van der Waals surface area contributed by atoms with Crippen molar-refractivity contribution in [2.75, 3.05) is 5.32 Å². The quantitative estimate of drug-likeness (QED) is 0.882. The summed E-state index contributed by atoms with van der Waals surface area (Å²) < 4.78 is 0. The number of hydrogen-bond donors (Lipinski definition) is 1. The molecule has 3 nitrogen and oxygen atoms in total. The first-order valence-corrected chi connectivity index (χ1v) is 5.93. The number of rotatable bonds is 3. The lowest BCUT2D eigenvalue weighted by molar-refractivity contribution is 0.867. The number of pyridine rings is 1. The summed E-state index contributed by atoms with van der Waals surface area (Å²) in [6, 6.07) is 14.0. The van der Waals surface area contributed by atoms with Gasteiger partial charge in [0.2, 0.25) is 0 Å². The van der Waals surface area contributed by atoms with Gasteiger partial charge in [0.05, 0.1) is 5.69 Å². The second kappa shape index (κ2) is 5.33. The van der Waals surface area contributed by atoms with Gasteiger partial charge in [0.15, 0.2) is 5.69 Å². The van der Waals surface area contributed by atoms with Crippen LogP contribution < -0.4 is 5.32 Å². The summed E-state index contributed by atoms with van der Waals surface area (Å²) >= 11 is 0. The highest BCUT2D eigenvalue weighted by molar-refractivity contribution is 5.64. The Bertz CT molecular complexity index is 565. The van der Waals surface area contributed by atoms with Crippen molar-refractivity contribution in [1.82, 2.24) is 4.98 Å². The van der Waals surface area contributed by atoms with Crippen LogP contribution in [0.5, 0.6) is 0 Å². The summed E-state index contributed by atoms with van der Waals surface area (Å²) in [6.45, 7) is 4.33. The van der Waals surface area contributed by atoms with Crippen molar-refractivity contribution < 1.29 is 0 Å². The van der Waals surface area contributed by atoms with Crippen LogP contribution in [0.3, 0.4) is 0 Å². The molecule has 3 heteroatoms. The molecule has 0 saturated heterocycles. The van der Waals surface area contributed by atoms with E-state index in [0.717, 1.165) is 11.4 Å². The highest BCUT2D eigenvalue weighted by Crippen LogP contribution is 2.21. The molecule has 0 aliphatic heterocycles. The van der Waals surface area contributed by atoms with E-state index in [2.05, 4.69) is 42.4 Å². The van der Waals surface area contributed by atoms with Crippen LogP contribution in [0.15, 0.2) is 42.6 Å². The molecule has 1 aromatic carbocycles. The van der Waals surface area contributed by atoms with Crippen LogP contribution in [-0.4, -0.2) is 4.98 Å². The topological polar surface area (TPSA) is 48.7 Å². The monoisotopic (exact) mass is 237 g/mol. The molecule has 0 amide bonds. The Morgan fingerprint density at radius 3 is 2.50 bits per heavy atom. The van der Waals surface area contributed by atoms with Crippen LogP contribution in [0.25, 0.3) is 0 Å². The first-order chi connectivity index (χ1) is 8.70. The van der Waals surface area contributed by atoms with E-state index in [0.29, 0.717) is 11.6 Å². The summed E-state index contributed by atoms with van der Waals surface area (Å²) in [5.74, 6) is 0.520. The van der Waals surface area contributed by atoms with Gasteiger partial charge in [-0.3, -0.25) is 0 Å². The molecule has 90 valence electrons. The fourth-order valence-corrected chi connectivity index (χ4v) is 1.70. The van der Waals surface area contributed by atoms with Crippen LogP contribution in [-0.2, 0) is 0 Å². The molecule has 2 aromatic rings. The highest BCUT2D eigenvalue weighted by atomic mass is 14.9. The average Bonchev–Trinajstić information content (AvgIpc) is 2.40. The first-order valence-electron chi connectivity index (χ1n) is 5.93. The molecule has 1 aromatic heterocycles. The van der Waals surface area contributed by atoms with E-state index < -0.39 is 0 Å². The molecule has 0 aliphatic rings. The van der Waals surface area contributed by atoms with E-state index >= 15 is 0 Å². The van der Waals surface area contributed by atoms with Gasteiger partial charge in [-0.1, -0.05) is 26.0 Å². The predicted molar refractivity (Wildman–Crippen MR) is 72.8 cm³/mol. The molecule has 0 fully saturated rings. The summed E-state index contributed by atoms with van der Waals surface area (Å²) in [5.41, 5.74) is 3.40. The van der Waals surface area contributed by atoms with Crippen LogP contribution in [0.1, 0.15) is 31.0 Å². The van der Waals surface area contributed by atoms with Gasteiger partial charge in [-0.2, -0.15) is 5.26 Å². The zero-order valence-corrected chi connectivity index (χ0v) is 10.5. The Kier molecular flexibility index (Phi) is 3.59. The SMILES string of the molecule is CC(C)c1ccc(Nc2cccnc2C#N)cc1. The van der Waals surface area contributed by atoms with Crippen LogP contribution in [0.4, 0.5) is 11.4 Å². The number of nitrogens with zero attached hydrogens (tertiary/aromatic N) is 2. The minimum atomic E-state index is 0.408. The number of nitrogens with one attached hydrogen (secondary N) is 1. The number of hydrogen-bond acceptors (Lipinski definition) is 3. The molecule has 1 heterocycles. The molecule has 0 unspecified atom stereocenters. The van der Waals surface area contributed by atoms with E-state index in [1.54, 1.807) is 6.20 Å². The minimum Gasteiger partial charge on any atom is -0.353 e. The molecule has 0 atom stereocenters. The minimum absolute atomic E-state index is 0.408. The third-order valence-corrected chi connectivity index (χ3v) is 2.77. The van der Waals surface area contributed by atoms with Crippen molar-refractivity contribution in [3.05, 3.63) is 53.9 Å². The van der Waals surface area contributed by atoms with E-state index in [9.17, 15) is 0 Å². The molecule has 0 bridgehead atoms. The van der Waals surface area contributed by atoms with Gasteiger partial charge in [0.1, 0.15) is 6.07 Å². The fourth-order valence-electron chi connectivity index (χ4n) is 1.70. The largest absolute Gasteiger partial charge is 0.353 e. The molecular formula is C15H15N3. The van der Waals surface area contributed by atoms with Crippen molar-refractivity contribution in [1.29, 1.82) is 5.26 Å². The lowest BCUT2D eigenvalue weighted by Gasteiger charge is -2.09. The maximum absolute atomic E-state index is 8.96. The molecule has 1 N–H and O–H groups in total. The number of benzene rings is 1. The average molecular weight is 237 g/mol. The molecule has 0 aliphatic carbocycles. The lowest BCUT2D eigenvalue weighted by Crippen LogP contribution is -1.96. The second-order valence-electron chi connectivity index (χ2n) is 4.41. The maximum atomic E-state index is 8.96. The maximum Gasteiger partial charge on any atom is 0.163 e. The van der Waals surface area contributed by atoms with Crippen LogP contribution in [0, 0.1) is 11.3 Å². The van der Waals surface area contributed by atoms with Crippen molar-refractivity contribution >= 4 is 11.4 Å². The standard InChI is InChI=1S/C15H15N3/c1-11(2)12-5-7-13(8-6-12)18-14-4-3-9-17-15(14)10-16/h3-9,11,18H,1-2H3. The van der Waals surface area contributed by atoms with Gasteiger partial charge >= 0.3 is 0 Å². The zero-order valence-electron chi connectivity index (χ0n) is 10.5. The normalized spacial score (nSPS) is 10.1. The van der Waals surface area contributed by atoms with Gasteiger partial charge in [-0.05, 0) is 35.7 Å². The molecule has 2 rings (SSSR count). The molecule has 0 radical (unpaired) electrons. The van der Waals surface area contributed by atoms with E-state index in [1.165, 1.54) is 5.56 Å². The highest BCUT2D eigenvalue weighted by Gasteiger charge is 2.03. The van der Waals surface area contributed by atoms with Crippen molar-refractivity contribution in [3.63, 3.8) is 0 Å². The van der Waals surface area contributed by atoms with Crippen LogP contribution >= 0.6 is 0 Å². The van der Waals surface area contributed by atoms with E-state index in [4.69, 9.17) is 5.26 Å². The van der Waals surface area contributed by atoms with Crippen LogP contribution in [0.2, 0.25) is 0 Å². The Labute approximate surface area is 107 Å². The second-order valence-corrected chi connectivity index (χ2v) is 4.41. The Balaban J connectivity index is 2.22. The van der Waals surface area contributed by atoms with E-state index in [-0.39, 0.29) is 0 Å². The summed E-state index contributed by atoms with van der Waals surface area (Å²) in [5, 5.41) is 12.2. The van der Waals surface area contributed by atoms with Gasteiger partial charge in [0, 0.05) is 11.9 Å². The molecular weight excluding hydrogens is 222 g/mol. The fraction of sp³-hybridized carbons (Fsp3) is 0.200. The van der Waals surface area contributed by atoms with Crippen molar-refractivity contribution in [2.24, 2.45) is 0 Å². The van der Waals surface area contributed by atoms with Gasteiger partial charge < -0.3 is 5.32 Å².